The number of rotatable bonds is 7. The maximum atomic E-state index is 2.52. The predicted molar refractivity (Wildman–Crippen MR) is 66.8 cm³/mol. The predicted octanol–water partition coefficient (Wildman–Crippen LogP) is 4.87. The largest absolute Gasteiger partial charge is 0.0810 e. The molecule has 0 spiro atoms. The highest BCUT2D eigenvalue weighted by Crippen LogP contribution is 2.40. The fourth-order valence-electron chi connectivity index (χ4n) is 2.90. The summed E-state index contributed by atoms with van der Waals surface area (Å²) >= 11 is 0. The van der Waals surface area contributed by atoms with Crippen molar-refractivity contribution < 1.29 is 0 Å². The zero-order valence-electron chi connectivity index (χ0n) is 10.0. The fraction of sp³-hybridized carbons (Fsp3) is 0.733. The summed E-state index contributed by atoms with van der Waals surface area (Å²) in [5.41, 5.74) is 1.75. The van der Waals surface area contributed by atoms with Crippen molar-refractivity contribution in [1.29, 1.82) is 0 Å². The first-order valence-electron chi connectivity index (χ1n) is 6.79. The highest BCUT2D eigenvalue weighted by Gasteiger charge is 2.26. The lowest BCUT2D eigenvalue weighted by atomic mass is 9.97. The lowest BCUT2D eigenvalue weighted by Crippen LogP contribution is -1.93. The fourth-order valence-corrected chi connectivity index (χ4v) is 2.90. The smallest absolute Gasteiger partial charge is 0.00143 e. The number of fused-ring (bicyclic) bond motifs is 2. The van der Waals surface area contributed by atoms with E-state index in [9.17, 15) is 0 Å². The molecule has 0 saturated carbocycles. The van der Waals surface area contributed by atoms with Gasteiger partial charge in [0.15, 0.2) is 0 Å². The second kappa shape index (κ2) is 5.53. The molecule has 0 nitrogen and oxygen atoms in total. The van der Waals surface area contributed by atoms with Crippen LogP contribution in [0.15, 0.2) is 23.8 Å². The Labute approximate surface area is 94.5 Å². The molecule has 0 fully saturated rings. The Balaban J connectivity index is 1.54. The van der Waals surface area contributed by atoms with E-state index in [1.807, 2.05) is 0 Å². The minimum atomic E-state index is 0.810. The molecule has 2 rings (SSSR count). The molecule has 0 aromatic heterocycles. The van der Waals surface area contributed by atoms with Gasteiger partial charge in [-0.2, -0.15) is 0 Å². The van der Waals surface area contributed by atoms with Gasteiger partial charge in [0, 0.05) is 0 Å². The van der Waals surface area contributed by atoms with Gasteiger partial charge in [-0.15, -0.1) is 0 Å². The van der Waals surface area contributed by atoms with Gasteiger partial charge < -0.3 is 0 Å². The Kier molecular flexibility index (Phi) is 4.05. The number of hydrogen-bond donors (Lipinski definition) is 0. The third kappa shape index (κ3) is 2.96. The number of allylic oxidation sites excluding steroid dienone is 4. The van der Waals surface area contributed by atoms with Crippen molar-refractivity contribution in [2.75, 3.05) is 0 Å². The first-order valence-corrected chi connectivity index (χ1v) is 6.79. The van der Waals surface area contributed by atoms with Crippen molar-refractivity contribution >= 4 is 0 Å². The minimum Gasteiger partial charge on any atom is -0.0810 e. The quantitative estimate of drug-likeness (QED) is 0.410. The molecular weight excluding hydrogens is 180 g/mol. The molecule has 2 aliphatic carbocycles. The first-order chi connectivity index (χ1) is 7.40. The van der Waals surface area contributed by atoms with Gasteiger partial charge in [-0.05, 0) is 31.1 Å². The van der Waals surface area contributed by atoms with E-state index in [4.69, 9.17) is 0 Å². The molecule has 0 radical (unpaired) electrons. The normalized spacial score (nSPS) is 27.4. The van der Waals surface area contributed by atoms with Crippen LogP contribution < -0.4 is 0 Å². The van der Waals surface area contributed by atoms with Crippen LogP contribution in [0.2, 0.25) is 0 Å². The van der Waals surface area contributed by atoms with Gasteiger partial charge in [0.1, 0.15) is 0 Å². The molecule has 0 amide bonds. The maximum Gasteiger partial charge on any atom is -0.00143 e. The van der Waals surface area contributed by atoms with Crippen LogP contribution in [-0.4, -0.2) is 0 Å². The van der Waals surface area contributed by atoms with E-state index in [2.05, 4.69) is 25.2 Å². The molecule has 0 saturated heterocycles. The third-order valence-electron chi connectivity index (χ3n) is 3.84. The molecule has 2 unspecified atom stereocenters. The van der Waals surface area contributed by atoms with Crippen molar-refractivity contribution in [1.82, 2.24) is 0 Å². The summed E-state index contributed by atoms with van der Waals surface area (Å²) in [5, 5.41) is 0. The Bertz CT molecular complexity index is 247. The Morgan fingerprint density at radius 3 is 2.53 bits per heavy atom. The van der Waals surface area contributed by atoms with E-state index in [1.54, 1.807) is 5.57 Å². The number of unbranched alkanes of at least 4 members (excludes halogenated alkanes) is 5. The zero-order chi connectivity index (χ0) is 10.5. The molecule has 0 N–H and O–H groups in total. The van der Waals surface area contributed by atoms with Gasteiger partial charge in [0.2, 0.25) is 0 Å². The highest BCUT2D eigenvalue weighted by atomic mass is 14.3. The van der Waals surface area contributed by atoms with Gasteiger partial charge in [-0.25, -0.2) is 0 Å². The second-order valence-electron chi connectivity index (χ2n) is 5.15. The van der Waals surface area contributed by atoms with E-state index < -0.39 is 0 Å². The SMILES string of the molecule is CCCCCCCCC1=CC2C=CC1C2. The lowest BCUT2D eigenvalue weighted by Gasteiger charge is -2.09. The van der Waals surface area contributed by atoms with E-state index >= 15 is 0 Å². The van der Waals surface area contributed by atoms with Crippen molar-refractivity contribution in [3.63, 3.8) is 0 Å². The molecule has 0 heteroatoms. The molecule has 0 heterocycles. The third-order valence-corrected chi connectivity index (χ3v) is 3.84. The molecular formula is C15H24. The summed E-state index contributed by atoms with van der Waals surface area (Å²) in [5.74, 6) is 1.65. The summed E-state index contributed by atoms with van der Waals surface area (Å²) in [6, 6.07) is 0. The first kappa shape index (κ1) is 11.0. The Morgan fingerprint density at radius 2 is 1.87 bits per heavy atom. The topological polar surface area (TPSA) is 0 Å². The van der Waals surface area contributed by atoms with Gasteiger partial charge in [-0.3, -0.25) is 0 Å². The van der Waals surface area contributed by atoms with Crippen LogP contribution >= 0.6 is 0 Å². The Morgan fingerprint density at radius 1 is 1.07 bits per heavy atom. The van der Waals surface area contributed by atoms with Crippen molar-refractivity contribution in [3.8, 4) is 0 Å². The lowest BCUT2D eigenvalue weighted by molar-refractivity contribution is 0.594. The molecule has 2 aliphatic rings. The van der Waals surface area contributed by atoms with E-state index in [-0.39, 0.29) is 0 Å². The van der Waals surface area contributed by atoms with Crippen molar-refractivity contribution in [2.24, 2.45) is 11.8 Å². The standard InChI is InChI=1S/C15H24/c1-2-3-4-5-6-7-8-14-11-13-9-10-15(14)12-13/h9-11,13,15H,2-8,12H2,1H3. The Hall–Kier alpha value is -0.520. The van der Waals surface area contributed by atoms with Crippen LogP contribution in [0.4, 0.5) is 0 Å². The summed E-state index contributed by atoms with van der Waals surface area (Å²) in [7, 11) is 0. The molecule has 0 aromatic rings. The monoisotopic (exact) mass is 204 g/mol. The average Bonchev–Trinajstić information content (AvgIpc) is 2.85. The molecule has 0 aromatic carbocycles. The molecule has 0 aliphatic heterocycles. The molecule has 2 bridgehead atoms. The molecule has 84 valence electrons. The maximum absolute atomic E-state index is 2.52. The second-order valence-corrected chi connectivity index (χ2v) is 5.15. The van der Waals surface area contributed by atoms with Crippen LogP contribution in [0.1, 0.15) is 58.3 Å². The van der Waals surface area contributed by atoms with Crippen LogP contribution in [-0.2, 0) is 0 Å². The average molecular weight is 204 g/mol. The number of hydrogen-bond acceptors (Lipinski definition) is 0. The van der Waals surface area contributed by atoms with Gasteiger partial charge in [0.05, 0.1) is 0 Å². The van der Waals surface area contributed by atoms with Crippen molar-refractivity contribution in [2.45, 2.75) is 58.3 Å². The molecule has 15 heavy (non-hydrogen) atoms. The zero-order valence-corrected chi connectivity index (χ0v) is 10.0. The highest BCUT2D eigenvalue weighted by molar-refractivity contribution is 5.29. The van der Waals surface area contributed by atoms with Gasteiger partial charge in [-0.1, -0.05) is 62.8 Å². The van der Waals surface area contributed by atoms with Crippen molar-refractivity contribution in [3.05, 3.63) is 23.8 Å². The van der Waals surface area contributed by atoms with E-state index in [0.29, 0.717) is 0 Å². The van der Waals surface area contributed by atoms with Crippen LogP contribution in [0.3, 0.4) is 0 Å². The van der Waals surface area contributed by atoms with Crippen LogP contribution in [0.25, 0.3) is 0 Å². The summed E-state index contributed by atoms with van der Waals surface area (Å²) in [6.45, 7) is 2.28. The van der Waals surface area contributed by atoms with Gasteiger partial charge in [0.25, 0.3) is 0 Å². The summed E-state index contributed by atoms with van der Waals surface area (Å²) < 4.78 is 0. The summed E-state index contributed by atoms with van der Waals surface area (Å²) in [4.78, 5) is 0. The van der Waals surface area contributed by atoms with Gasteiger partial charge >= 0.3 is 0 Å². The van der Waals surface area contributed by atoms with Crippen LogP contribution in [0.5, 0.6) is 0 Å². The van der Waals surface area contributed by atoms with E-state index in [0.717, 1.165) is 11.8 Å². The van der Waals surface area contributed by atoms with E-state index in [1.165, 1.54) is 51.4 Å². The molecule has 2 atom stereocenters. The summed E-state index contributed by atoms with van der Waals surface area (Å²) in [6.07, 6.45) is 18.7. The minimum absolute atomic E-state index is 0.810. The van der Waals surface area contributed by atoms with Crippen LogP contribution in [0, 0.1) is 11.8 Å².